The Morgan fingerprint density at radius 2 is 1.38 bits per heavy atom. The van der Waals surface area contributed by atoms with E-state index in [4.69, 9.17) is 9.47 Å². The van der Waals surface area contributed by atoms with Gasteiger partial charge in [-0.05, 0) is 25.0 Å². The van der Waals surface area contributed by atoms with Crippen molar-refractivity contribution in [3.8, 4) is 0 Å². The van der Waals surface area contributed by atoms with Crippen molar-refractivity contribution in [2.75, 3.05) is 13.2 Å². The van der Waals surface area contributed by atoms with Crippen LogP contribution >= 0.6 is 0 Å². The second-order valence-corrected chi connectivity index (χ2v) is 7.71. The number of esters is 1. The minimum atomic E-state index is -0.859. The summed E-state index contributed by atoms with van der Waals surface area (Å²) >= 11 is 0. The number of aliphatic hydroxyl groups is 1. The summed E-state index contributed by atoms with van der Waals surface area (Å²) in [4.78, 5) is 12.6. The van der Waals surface area contributed by atoms with Gasteiger partial charge in [-0.15, -0.1) is 0 Å². The smallest absolute Gasteiger partial charge is 0.309 e. The summed E-state index contributed by atoms with van der Waals surface area (Å²) in [6, 6.07) is 0. The van der Waals surface area contributed by atoms with Gasteiger partial charge in [0.05, 0.1) is 5.92 Å². The average Bonchev–Trinajstić information content (AvgIpc) is 2.73. The molecule has 0 heterocycles. The fraction of sp³-hybridized carbons (Fsp3) is 0.720. The maximum Gasteiger partial charge on any atom is 0.309 e. The predicted octanol–water partition coefficient (Wildman–Crippen LogP) is 6.50. The molecule has 1 N–H and O–H groups in total. The Hall–Kier alpha value is -1.55. The van der Waals surface area contributed by atoms with Crippen molar-refractivity contribution in [1.82, 2.24) is 0 Å². The Balaban J connectivity index is 4.34. The third-order valence-corrected chi connectivity index (χ3v) is 4.99. The number of hydrogen-bond acceptors (Lipinski definition) is 4. The predicted molar refractivity (Wildman–Crippen MR) is 122 cm³/mol. The van der Waals surface area contributed by atoms with E-state index in [0.717, 1.165) is 32.1 Å². The van der Waals surface area contributed by atoms with E-state index in [1.165, 1.54) is 44.9 Å². The molecule has 0 rings (SSSR count). The Morgan fingerprint density at radius 3 is 1.93 bits per heavy atom. The zero-order valence-electron chi connectivity index (χ0n) is 18.9. The molecule has 0 saturated carbocycles. The van der Waals surface area contributed by atoms with Crippen LogP contribution in [0.4, 0.5) is 0 Å². The lowest BCUT2D eigenvalue weighted by Gasteiger charge is -2.18. The maximum absolute atomic E-state index is 12.6. The van der Waals surface area contributed by atoms with E-state index < -0.39 is 6.10 Å². The average molecular weight is 409 g/mol. The Kier molecular flexibility index (Phi) is 18.7. The molecule has 2 atom stereocenters. The van der Waals surface area contributed by atoms with Crippen molar-refractivity contribution in [3.05, 3.63) is 37.1 Å². The van der Waals surface area contributed by atoms with Gasteiger partial charge in [0.25, 0.3) is 0 Å². The minimum Gasteiger partial charge on any atom is -0.491 e. The number of rotatable bonds is 20. The maximum atomic E-state index is 12.6. The normalized spacial score (nSPS) is 13.6. The van der Waals surface area contributed by atoms with Crippen molar-refractivity contribution in [3.63, 3.8) is 0 Å². The molecule has 0 radical (unpaired) electrons. The number of allylic oxidation sites excluding steroid dienone is 3. The van der Waals surface area contributed by atoms with Crippen LogP contribution < -0.4 is 0 Å². The third kappa shape index (κ3) is 16.0. The highest BCUT2D eigenvalue weighted by Crippen LogP contribution is 2.20. The van der Waals surface area contributed by atoms with Crippen LogP contribution in [0.3, 0.4) is 0 Å². The first-order valence-electron chi connectivity index (χ1n) is 11.5. The molecule has 0 saturated heterocycles. The molecule has 0 fully saturated rings. The Bertz CT molecular complexity index is 456. The zero-order valence-corrected chi connectivity index (χ0v) is 18.9. The van der Waals surface area contributed by atoms with Crippen LogP contribution in [0.25, 0.3) is 0 Å². The molecule has 168 valence electrons. The van der Waals surface area contributed by atoms with Crippen molar-refractivity contribution in [1.29, 1.82) is 0 Å². The fourth-order valence-corrected chi connectivity index (χ4v) is 3.20. The first kappa shape index (κ1) is 27.5. The van der Waals surface area contributed by atoms with Gasteiger partial charge in [0, 0.05) is 0 Å². The molecule has 0 aromatic carbocycles. The summed E-state index contributed by atoms with van der Waals surface area (Å²) in [5, 5.41) is 10.0. The monoisotopic (exact) mass is 408 g/mol. The van der Waals surface area contributed by atoms with Crippen molar-refractivity contribution < 1.29 is 19.4 Å². The largest absolute Gasteiger partial charge is 0.491 e. The van der Waals surface area contributed by atoms with E-state index in [9.17, 15) is 9.90 Å². The van der Waals surface area contributed by atoms with E-state index in [2.05, 4.69) is 27.0 Å². The quantitative estimate of drug-likeness (QED) is 0.108. The van der Waals surface area contributed by atoms with Gasteiger partial charge in [-0.25, -0.2) is 0 Å². The molecular formula is C25H44O4. The lowest BCUT2D eigenvalue weighted by Crippen LogP contribution is -2.26. The molecule has 0 aliphatic heterocycles. The van der Waals surface area contributed by atoms with Gasteiger partial charge in [0.15, 0.2) is 0 Å². The minimum absolute atomic E-state index is 0.0424. The van der Waals surface area contributed by atoms with Gasteiger partial charge in [-0.2, -0.15) is 0 Å². The van der Waals surface area contributed by atoms with Crippen LogP contribution in [0.15, 0.2) is 37.1 Å². The molecule has 0 aliphatic rings. The van der Waals surface area contributed by atoms with E-state index in [-0.39, 0.29) is 25.1 Å². The van der Waals surface area contributed by atoms with Crippen LogP contribution in [0, 0.1) is 5.92 Å². The molecule has 2 unspecified atom stereocenters. The number of hydrogen-bond donors (Lipinski definition) is 1. The van der Waals surface area contributed by atoms with Crippen molar-refractivity contribution in [2.45, 2.75) is 97.0 Å². The molecule has 0 spiro atoms. The molecule has 0 aromatic heterocycles. The fourth-order valence-electron chi connectivity index (χ4n) is 3.20. The van der Waals surface area contributed by atoms with Crippen LogP contribution in [0.5, 0.6) is 0 Å². The molecule has 4 heteroatoms. The summed E-state index contributed by atoms with van der Waals surface area (Å²) in [6.45, 7) is 11.7. The number of unbranched alkanes of at least 4 members (excludes halogenated alkanes) is 8. The van der Waals surface area contributed by atoms with Crippen molar-refractivity contribution in [2.24, 2.45) is 5.92 Å². The standard InChI is InChI=1S/C25H44O4/c1-5-9-11-13-14-16-19-22(18-15-12-10-6-2)25(27)29-21-23(26)20-28-24(8-4)17-7-3/h7-8,17,22-23,26H,3-6,9-16,18-21H2,1-2H3/b24-17+. The SMILES string of the molecule is C=C/C=C(\C=C)OCC(O)COC(=O)C(CCCCCC)CCCCCCCC. The Morgan fingerprint density at radius 1 is 0.862 bits per heavy atom. The van der Waals surface area contributed by atoms with Gasteiger partial charge in [-0.3, -0.25) is 4.79 Å². The van der Waals surface area contributed by atoms with Crippen LogP contribution in [-0.2, 0) is 14.3 Å². The van der Waals surface area contributed by atoms with Crippen LogP contribution in [0.2, 0.25) is 0 Å². The summed E-state index contributed by atoms with van der Waals surface area (Å²) in [5.41, 5.74) is 0. The highest BCUT2D eigenvalue weighted by Gasteiger charge is 2.20. The zero-order chi connectivity index (χ0) is 21.7. The molecule has 29 heavy (non-hydrogen) atoms. The Labute approximate surface area is 179 Å². The summed E-state index contributed by atoms with van der Waals surface area (Å²) in [6.07, 6.45) is 17.6. The molecule has 4 nitrogen and oxygen atoms in total. The topological polar surface area (TPSA) is 55.8 Å². The highest BCUT2D eigenvalue weighted by atomic mass is 16.5. The second-order valence-electron chi connectivity index (χ2n) is 7.71. The van der Waals surface area contributed by atoms with E-state index >= 15 is 0 Å². The van der Waals surface area contributed by atoms with E-state index in [0.29, 0.717) is 5.76 Å². The number of aliphatic hydroxyl groups excluding tert-OH is 1. The number of carbonyl (C=O) groups excluding carboxylic acids is 1. The second kappa shape index (κ2) is 19.8. The van der Waals surface area contributed by atoms with E-state index in [1.54, 1.807) is 18.2 Å². The first-order valence-corrected chi connectivity index (χ1v) is 11.5. The summed E-state index contributed by atoms with van der Waals surface area (Å²) in [7, 11) is 0. The van der Waals surface area contributed by atoms with Gasteiger partial charge in [0.1, 0.15) is 25.1 Å². The van der Waals surface area contributed by atoms with Crippen LogP contribution in [-0.4, -0.2) is 30.4 Å². The molecule has 0 aromatic rings. The van der Waals surface area contributed by atoms with E-state index in [1.807, 2.05) is 0 Å². The number of carbonyl (C=O) groups is 1. The molecular weight excluding hydrogens is 364 g/mol. The summed E-state index contributed by atoms with van der Waals surface area (Å²) < 4.78 is 10.8. The summed E-state index contributed by atoms with van der Waals surface area (Å²) in [5.74, 6) is 0.289. The molecule has 0 amide bonds. The third-order valence-electron chi connectivity index (χ3n) is 4.99. The van der Waals surface area contributed by atoms with Gasteiger partial charge < -0.3 is 14.6 Å². The first-order chi connectivity index (χ1) is 14.1. The molecule has 0 aliphatic carbocycles. The lowest BCUT2D eigenvalue weighted by atomic mass is 9.94. The van der Waals surface area contributed by atoms with Gasteiger partial charge >= 0.3 is 5.97 Å². The van der Waals surface area contributed by atoms with Crippen molar-refractivity contribution >= 4 is 5.97 Å². The van der Waals surface area contributed by atoms with Crippen LogP contribution in [0.1, 0.15) is 90.9 Å². The molecule has 0 bridgehead atoms. The van der Waals surface area contributed by atoms with Gasteiger partial charge in [-0.1, -0.05) is 97.3 Å². The van der Waals surface area contributed by atoms with Gasteiger partial charge in [0.2, 0.25) is 0 Å². The number of ether oxygens (including phenoxy) is 2. The highest BCUT2D eigenvalue weighted by molar-refractivity contribution is 5.72. The lowest BCUT2D eigenvalue weighted by molar-refractivity contribution is -0.153.